The lowest BCUT2D eigenvalue weighted by molar-refractivity contribution is 0.284. The average Bonchev–Trinajstić information content (AvgIpc) is 2.90. The lowest BCUT2D eigenvalue weighted by Gasteiger charge is -2.02. The van der Waals surface area contributed by atoms with Crippen LogP contribution in [0.5, 0.6) is 0 Å². The molecule has 0 saturated heterocycles. The standard InChI is InChI=1S/C14H12BClN2O/c1-10-2-6-12(7-3-10)15-17-14(18-19-15)11-4-8-13(16)9-5-11/h2-9H,1H3,(H,17,18). The summed E-state index contributed by atoms with van der Waals surface area (Å²) in [6.07, 6.45) is 0. The number of benzene rings is 2. The predicted molar refractivity (Wildman–Crippen MR) is 78.8 cm³/mol. The van der Waals surface area contributed by atoms with Crippen LogP contribution in [0, 0.1) is 6.92 Å². The third-order valence-electron chi connectivity index (χ3n) is 2.99. The fourth-order valence-electron chi connectivity index (χ4n) is 1.90. The minimum Gasteiger partial charge on any atom is -0.300 e. The SMILES string of the molecule is Cc1ccc(B2N=C(c3ccc(Cl)cc3)NO2)cc1. The van der Waals surface area contributed by atoms with E-state index in [1.807, 2.05) is 36.4 Å². The molecule has 2 aromatic carbocycles. The Bertz CT molecular complexity index is 610. The largest absolute Gasteiger partial charge is 0.496 e. The van der Waals surface area contributed by atoms with Crippen molar-refractivity contribution in [2.75, 3.05) is 0 Å². The highest BCUT2D eigenvalue weighted by Crippen LogP contribution is 2.12. The van der Waals surface area contributed by atoms with Crippen LogP contribution in [0.4, 0.5) is 0 Å². The zero-order chi connectivity index (χ0) is 13.2. The molecule has 19 heavy (non-hydrogen) atoms. The van der Waals surface area contributed by atoms with E-state index in [9.17, 15) is 0 Å². The van der Waals surface area contributed by atoms with E-state index < -0.39 is 0 Å². The number of nitrogens with one attached hydrogen (secondary N) is 1. The van der Waals surface area contributed by atoms with Crippen molar-refractivity contribution in [1.29, 1.82) is 0 Å². The van der Waals surface area contributed by atoms with E-state index in [1.165, 1.54) is 5.56 Å². The molecule has 3 rings (SSSR count). The molecule has 0 bridgehead atoms. The molecular formula is C14H12BClN2O. The minimum absolute atomic E-state index is 0.300. The van der Waals surface area contributed by atoms with Crippen molar-refractivity contribution in [2.24, 2.45) is 4.90 Å². The lowest BCUT2D eigenvalue weighted by Crippen LogP contribution is -2.31. The van der Waals surface area contributed by atoms with Crippen molar-refractivity contribution in [3.63, 3.8) is 0 Å². The normalized spacial score (nSPS) is 14.2. The summed E-state index contributed by atoms with van der Waals surface area (Å²) < 4.78 is 5.49. The van der Waals surface area contributed by atoms with Crippen LogP contribution < -0.4 is 10.9 Å². The number of hydroxylamine groups is 1. The number of amidine groups is 1. The zero-order valence-electron chi connectivity index (χ0n) is 10.4. The van der Waals surface area contributed by atoms with Crippen molar-refractivity contribution >= 4 is 29.9 Å². The van der Waals surface area contributed by atoms with Crippen LogP contribution in [0.15, 0.2) is 53.4 Å². The molecule has 0 aliphatic carbocycles. The maximum absolute atomic E-state index is 5.87. The molecule has 0 atom stereocenters. The molecule has 1 aliphatic heterocycles. The van der Waals surface area contributed by atoms with Gasteiger partial charge in [0.1, 0.15) is 5.84 Å². The fourth-order valence-corrected chi connectivity index (χ4v) is 2.02. The number of hydrogen-bond acceptors (Lipinski definition) is 3. The number of rotatable bonds is 2. The topological polar surface area (TPSA) is 33.6 Å². The maximum atomic E-state index is 5.87. The first-order chi connectivity index (χ1) is 9.22. The van der Waals surface area contributed by atoms with Crippen LogP contribution in [-0.2, 0) is 4.76 Å². The highest BCUT2D eigenvalue weighted by molar-refractivity contribution is 6.68. The lowest BCUT2D eigenvalue weighted by atomic mass is 9.75. The minimum atomic E-state index is -0.300. The maximum Gasteiger partial charge on any atom is 0.496 e. The molecule has 0 aromatic heterocycles. The van der Waals surface area contributed by atoms with Gasteiger partial charge in [-0.15, -0.1) is 0 Å². The van der Waals surface area contributed by atoms with Crippen molar-refractivity contribution in [3.05, 3.63) is 64.7 Å². The van der Waals surface area contributed by atoms with Gasteiger partial charge < -0.3 is 0 Å². The Morgan fingerprint density at radius 2 is 1.74 bits per heavy atom. The first-order valence-electron chi connectivity index (χ1n) is 6.04. The van der Waals surface area contributed by atoms with Gasteiger partial charge in [-0.1, -0.05) is 41.4 Å². The summed E-state index contributed by atoms with van der Waals surface area (Å²) in [5, 5.41) is 0.707. The Hall–Kier alpha value is -1.78. The van der Waals surface area contributed by atoms with Gasteiger partial charge in [-0.05, 0) is 36.7 Å². The first-order valence-corrected chi connectivity index (χ1v) is 6.42. The summed E-state index contributed by atoms with van der Waals surface area (Å²) in [5.41, 5.74) is 6.07. The predicted octanol–water partition coefficient (Wildman–Crippen LogP) is 2.33. The highest BCUT2D eigenvalue weighted by atomic mass is 35.5. The number of aryl methyl sites for hydroxylation is 1. The van der Waals surface area contributed by atoms with Gasteiger partial charge in [-0.2, -0.15) is 0 Å². The molecule has 0 saturated carbocycles. The van der Waals surface area contributed by atoms with Crippen LogP contribution in [0.1, 0.15) is 11.1 Å². The zero-order valence-corrected chi connectivity index (χ0v) is 11.2. The van der Waals surface area contributed by atoms with E-state index >= 15 is 0 Å². The molecule has 1 N–H and O–H groups in total. The van der Waals surface area contributed by atoms with Crippen molar-refractivity contribution in [2.45, 2.75) is 6.92 Å². The van der Waals surface area contributed by atoms with E-state index in [4.69, 9.17) is 16.4 Å². The van der Waals surface area contributed by atoms with Crippen LogP contribution in [0.3, 0.4) is 0 Å². The quantitative estimate of drug-likeness (QED) is 0.850. The molecule has 3 nitrogen and oxygen atoms in total. The van der Waals surface area contributed by atoms with Crippen LogP contribution in [-0.4, -0.2) is 12.9 Å². The van der Waals surface area contributed by atoms with Gasteiger partial charge in [0.25, 0.3) is 0 Å². The van der Waals surface area contributed by atoms with E-state index in [1.54, 1.807) is 0 Å². The second-order valence-corrected chi connectivity index (χ2v) is 4.90. The van der Waals surface area contributed by atoms with Gasteiger partial charge in [-0.25, -0.2) is 0 Å². The molecule has 0 fully saturated rings. The molecule has 1 aliphatic rings. The fraction of sp³-hybridized carbons (Fsp3) is 0.0714. The third-order valence-corrected chi connectivity index (χ3v) is 3.25. The van der Waals surface area contributed by atoms with Gasteiger partial charge >= 0.3 is 7.05 Å². The van der Waals surface area contributed by atoms with Gasteiger partial charge in [0, 0.05) is 10.6 Å². The van der Waals surface area contributed by atoms with Gasteiger partial charge in [0.05, 0.1) is 0 Å². The molecular weight excluding hydrogens is 258 g/mol. The summed E-state index contributed by atoms with van der Waals surface area (Å²) in [7, 11) is -0.300. The Labute approximate surface area is 117 Å². The second-order valence-electron chi connectivity index (χ2n) is 4.47. The summed E-state index contributed by atoms with van der Waals surface area (Å²) in [6.45, 7) is 2.06. The van der Waals surface area contributed by atoms with Crippen LogP contribution in [0.2, 0.25) is 5.02 Å². The number of hydrogen-bond donors (Lipinski definition) is 1. The smallest absolute Gasteiger partial charge is 0.300 e. The molecule has 0 unspecified atom stereocenters. The molecule has 94 valence electrons. The van der Waals surface area contributed by atoms with Gasteiger partial charge in [0.2, 0.25) is 0 Å². The monoisotopic (exact) mass is 270 g/mol. The van der Waals surface area contributed by atoms with Crippen molar-refractivity contribution in [3.8, 4) is 0 Å². The number of nitrogens with zero attached hydrogens (tertiary/aromatic N) is 1. The Kier molecular flexibility index (Phi) is 3.28. The summed E-state index contributed by atoms with van der Waals surface area (Å²) in [6, 6.07) is 15.6. The van der Waals surface area contributed by atoms with Crippen LogP contribution >= 0.6 is 11.6 Å². The van der Waals surface area contributed by atoms with E-state index in [-0.39, 0.29) is 7.05 Å². The van der Waals surface area contributed by atoms with Gasteiger partial charge in [0.15, 0.2) is 0 Å². The Balaban J connectivity index is 1.84. The number of halogens is 1. The van der Waals surface area contributed by atoms with E-state index in [0.29, 0.717) is 5.02 Å². The highest BCUT2D eigenvalue weighted by Gasteiger charge is 2.26. The summed E-state index contributed by atoms with van der Waals surface area (Å²) in [4.78, 5) is 4.53. The summed E-state index contributed by atoms with van der Waals surface area (Å²) in [5.74, 6) is 0.724. The summed E-state index contributed by atoms with van der Waals surface area (Å²) >= 11 is 5.87. The van der Waals surface area contributed by atoms with E-state index in [0.717, 1.165) is 16.9 Å². The Morgan fingerprint density at radius 1 is 1.05 bits per heavy atom. The van der Waals surface area contributed by atoms with Crippen molar-refractivity contribution in [1.82, 2.24) is 5.48 Å². The van der Waals surface area contributed by atoms with Crippen molar-refractivity contribution < 1.29 is 4.76 Å². The molecule has 1 heterocycles. The average molecular weight is 271 g/mol. The first kappa shape index (κ1) is 12.3. The Morgan fingerprint density at radius 3 is 2.42 bits per heavy atom. The molecule has 0 amide bonds. The second kappa shape index (κ2) is 5.07. The third kappa shape index (κ3) is 2.65. The molecule has 2 aromatic rings. The molecule has 0 spiro atoms. The van der Waals surface area contributed by atoms with Gasteiger partial charge in [-0.3, -0.25) is 15.1 Å². The van der Waals surface area contributed by atoms with E-state index in [2.05, 4.69) is 29.4 Å². The molecule has 5 heteroatoms. The molecule has 0 radical (unpaired) electrons. The van der Waals surface area contributed by atoms with Crippen LogP contribution in [0.25, 0.3) is 0 Å².